The fourth-order valence-corrected chi connectivity index (χ4v) is 2.84. The van der Waals surface area contributed by atoms with Crippen LogP contribution in [0.5, 0.6) is 0 Å². The molecule has 6 heteroatoms. The van der Waals surface area contributed by atoms with Crippen LogP contribution in [-0.4, -0.2) is 24.0 Å². The topological polar surface area (TPSA) is 72.7 Å². The third kappa shape index (κ3) is 3.53. The molecule has 1 aliphatic heterocycles. The van der Waals surface area contributed by atoms with Gasteiger partial charge in [-0.1, -0.05) is 30.3 Å². The summed E-state index contributed by atoms with van der Waals surface area (Å²) >= 11 is 0. The maximum atomic E-state index is 12.5. The van der Waals surface area contributed by atoms with Crippen LogP contribution in [0.1, 0.15) is 28.8 Å². The lowest BCUT2D eigenvalue weighted by Crippen LogP contribution is -2.21. The molecular formula is C18H18N2O4. The van der Waals surface area contributed by atoms with Gasteiger partial charge in [-0.3, -0.25) is 10.1 Å². The van der Waals surface area contributed by atoms with E-state index in [2.05, 4.69) is 4.90 Å². The Morgan fingerprint density at radius 2 is 1.83 bits per heavy atom. The van der Waals surface area contributed by atoms with Gasteiger partial charge < -0.3 is 9.64 Å². The second-order valence-corrected chi connectivity index (χ2v) is 5.71. The van der Waals surface area contributed by atoms with E-state index in [-0.39, 0.29) is 17.9 Å². The Hall–Kier alpha value is -2.89. The van der Waals surface area contributed by atoms with Gasteiger partial charge in [0.25, 0.3) is 5.69 Å². The van der Waals surface area contributed by atoms with Crippen LogP contribution in [0.4, 0.5) is 11.4 Å². The Morgan fingerprint density at radius 1 is 1.12 bits per heavy atom. The monoisotopic (exact) mass is 326 g/mol. The Labute approximate surface area is 139 Å². The minimum absolute atomic E-state index is 0.107. The quantitative estimate of drug-likeness (QED) is 0.477. The summed E-state index contributed by atoms with van der Waals surface area (Å²) < 4.78 is 5.36. The van der Waals surface area contributed by atoms with Crippen molar-refractivity contribution in [1.82, 2.24) is 0 Å². The first-order valence-corrected chi connectivity index (χ1v) is 7.89. The molecule has 124 valence electrons. The highest BCUT2D eigenvalue weighted by molar-refractivity contribution is 5.96. The Morgan fingerprint density at radius 3 is 2.50 bits per heavy atom. The van der Waals surface area contributed by atoms with Gasteiger partial charge in [-0.25, -0.2) is 4.79 Å². The molecule has 24 heavy (non-hydrogen) atoms. The molecule has 0 aliphatic carbocycles. The number of nitro benzene ring substituents is 1. The maximum absolute atomic E-state index is 12.5. The molecule has 1 aliphatic rings. The van der Waals surface area contributed by atoms with Crippen molar-refractivity contribution in [2.75, 3.05) is 18.0 Å². The fourth-order valence-electron chi connectivity index (χ4n) is 2.84. The molecule has 0 unspecified atom stereocenters. The molecule has 0 radical (unpaired) electrons. The van der Waals surface area contributed by atoms with Crippen LogP contribution in [0.25, 0.3) is 0 Å². The van der Waals surface area contributed by atoms with Crippen molar-refractivity contribution < 1.29 is 14.5 Å². The number of nitrogens with zero attached hydrogens (tertiary/aromatic N) is 2. The average Bonchev–Trinajstić information content (AvgIpc) is 3.14. The standard InChI is InChI=1S/C18H18N2O4/c21-18(24-13-14-6-2-1-3-7-14)16-12-15(20(22)23)8-9-17(16)19-10-4-5-11-19/h1-3,6-9,12H,4-5,10-11,13H2. The van der Waals surface area contributed by atoms with E-state index in [4.69, 9.17) is 4.74 Å². The normalized spacial score (nSPS) is 13.8. The number of carbonyl (C=O) groups is 1. The van der Waals surface area contributed by atoms with Gasteiger partial charge in [-0.05, 0) is 24.5 Å². The van der Waals surface area contributed by atoms with Gasteiger partial charge in [0, 0.05) is 25.2 Å². The number of hydrogen-bond donors (Lipinski definition) is 0. The van der Waals surface area contributed by atoms with E-state index in [0.29, 0.717) is 5.69 Å². The lowest BCUT2D eigenvalue weighted by atomic mass is 10.1. The van der Waals surface area contributed by atoms with Crippen molar-refractivity contribution >= 4 is 17.3 Å². The van der Waals surface area contributed by atoms with E-state index < -0.39 is 10.9 Å². The zero-order valence-corrected chi connectivity index (χ0v) is 13.2. The van der Waals surface area contributed by atoms with Gasteiger partial charge in [0.2, 0.25) is 0 Å². The number of nitro groups is 1. The van der Waals surface area contributed by atoms with Gasteiger partial charge in [-0.15, -0.1) is 0 Å². The zero-order valence-electron chi connectivity index (χ0n) is 13.2. The highest BCUT2D eigenvalue weighted by Crippen LogP contribution is 2.29. The third-order valence-electron chi connectivity index (χ3n) is 4.07. The molecule has 1 saturated heterocycles. The van der Waals surface area contributed by atoms with E-state index in [9.17, 15) is 14.9 Å². The lowest BCUT2D eigenvalue weighted by molar-refractivity contribution is -0.384. The molecule has 0 bridgehead atoms. The van der Waals surface area contributed by atoms with Crippen LogP contribution in [0.2, 0.25) is 0 Å². The summed E-state index contributed by atoms with van der Waals surface area (Å²) in [5.41, 5.74) is 1.72. The van der Waals surface area contributed by atoms with Gasteiger partial charge in [0.1, 0.15) is 6.61 Å². The zero-order chi connectivity index (χ0) is 16.9. The number of esters is 1. The summed E-state index contributed by atoms with van der Waals surface area (Å²) in [6.07, 6.45) is 2.10. The van der Waals surface area contributed by atoms with E-state index in [1.165, 1.54) is 12.1 Å². The molecule has 1 heterocycles. The summed E-state index contributed by atoms with van der Waals surface area (Å²) in [5, 5.41) is 11.0. The van der Waals surface area contributed by atoms with Gasteiger partial charge >= 0.3 is 5.97 Å². The van der Waals surface area contributed by atoms with Crippen LogP contribution in [0.3, 0.4) is 0 Å². The van der Waals surface area contributed by atoms with Crippen molar-refractivity contribution in [1.29, 1.82) is 0 Å². The molecule has 0 aromatic heterocycles. The summed E-state index contributed by atoms with van der Waals surface area (Å²) in [4.78, 5) is 25.1. The van der Waals surface area contributed by atoms with E-state index in [1.807, 2.05) is 30.3 Å². The average molecular weight is 326 g/mol. The first-order chi connectivity index (χ1) is 11.6. The SMILES string of the molecule is O=C(OCc1ccccc1)c1cc([N+](=O)[O-])ccc1N1CCCC1. The predicted molar refractivity (Wildman–Crippen MR) is 90.1 cm³/mol. The Balaban J connectivity index is 1.84. The van der Waals surface area contributed by atoms with E-state index in [1.54, 1.807) is 6.07 Å². The second kappa shape index (κ2) is 7.12. The molecule has 0 spiro atoms. The molecule has 0 atom stereocenters. The molecule has 0 saturated carbocycles. The van der Waals surface area contributed by atoms with Crippen LogP contribution >= 0.6 is 0 Å². The van der Waals surface area contributed by atoms with Crippen LogP contribution in [0, 0.1) is 10.1 Å². The molecule has 6 nitrogen and oxygen atoms in total. The van der Waals surface area contributed by atoms with Crippen molar-refractivity contribution in [2.24, 2.45) is 0 Å². The number of anilines is 1. The van der Waals surface area contributed by atoms with E-state index in [0.717, 1.165) is 31.5 Å². The number of ether oxygens (including phenoxy) is 1. The van der Waals surface area contributed by atoms with Crippen LogP contribution < -0.4 is 4.90 Å². The van der Waals surface area contributed by atoms with Crippen molar-refractivity contribution in [3.63, 3.8) is 0 Å². The predicted octanol–water partition coefficient (Wildman–Crippen LogP) is 3.55. The van der Waals surface area contributed by atoms with Crippen molar-refractivity contribution in [3.8, 4) is 0 Å². The molecule has 0 N–H and O–H groups in total. The first-order valence-electron chi connectivity index (χ1n) is 7.89. The van der Waals surface area contributed by atoms with Crippen molar-refractivity contribution in [3.05, 3.63) is 69.8 Å². The highest BCUT2D eigenvalue weighted by Gasteiger charge is 2.23. The molecule has 1 fully saturated rings. The summed E-state index contributed by atoms with van der Waals surface area (Å²) in [6, 6.07) is 13.7. The van der Waals surface area contributed by atoms with Crippen molar-refractivity contribution in [2.45, 2.75) is 19.4 Å². The van der Waals surface area contributed by atoms with Crippen LogP contribution in [0.15, 0.2) is 48.5 Å². The molecule has 3 rings (SSSR count). The number of hydrogen-bond acceptors (Lipinski definition) is 5. The van der Waals surface area contributed by atoms with Gasteiger partial charge in [0.05, 0.1) is 16.2 Å². The summed E-state index contributed by atoms with van der Waals surface area (Å²) in [7, 11) is 0. The molecule has 2 aromatic rings. The van der Waals surface area contributed by atoms with Gasteiger partial charge in [-0.2, -0.15) is 0 Å². The fraction of sp³-hybridized carbons (Fsp3) is 0.278. The first kappa shape index (κ1) is 16.0. The number of rotatable bonds is 5. The maximum Gasteiger partial charge on any atom is 0.340 e. The number of non-ortho nitro benzene ring substituents is 1. The largest absolute Gasteiger partial charge is 0.457 e. The third-order valence-corrected chi connectivity index (χ3v) is 4.07. The minimum atomic E-state index is -0.538. The highest BCUT2D eigenvalue weighted by atomic mass is 16.6. The lowest BCUT2D eigenvalue weighted by Gasteiger charge is -2.20. The molecule has 2 aromatic carbocycles. The van der Waals surface area contributed by atoms with E-state index >= 15 is 0 Å². The smallest absolute Gasteiger partial charge is 0.340 e. The van der Waals surface area contributed by atoms with Gasteiger partial charge in [0.15, 0.2) is 0 Å². The second-order valence-electron chi connectivity index (χ2n) is 5.71. The molecule has 0 amide bonds. The Kier molecular flexibility index (Phi) is 4.74. The van der Waals surface area contributed by atoms with Crippen LogP contribution in [-0.2, 0) is 11.3 Å². The Bertz CT molecular complexity index is 740. The molecular weight excluding hydrogens is 308 g/mol. The number of benzene rings is 2. The number of carbonyl (C=O) groups excluding carboxylic acids is 1. The summed E-state index contributed by atoms with van der Waals surface area (Å²) in [5.74, 6) is -0.538. The minimum Gasteiger partial charge on any atom is -0.457 e. The summed E-state index contributed by atoms with van der Waals surface area (Å²) in [6.45, 7) is 1.83.